The molecule has 5 rings (SSSR count). The molecular weight excluding hydrogens is 308 g/mol. The highest BCUT2D eigenvalue weighted by molar-refractivity contribution is 5.83. The zero-order valence-electron chi connectivity index (χ0n) is 13.9. The number of aromatic nitrogens is 3. The van der Waals surface area contributed by atoms with Crippen LogP contribution in [0.15, 0.2) is 72.8 Å². The van der Waals surface area contributed by atoms with Crippen molar-refractivity contribution in [3.8, 4) is 11.4 Å². The minimum atomic E-state index is -0.241. The quantitative estimate of drug-likeness (QED) is 0.734. The zero-order chi connectivity index (χ0) is 16.9. The van der Waals surface area contributed by atoms with Crippen LogP contribution < -0.4 is 5.32 Å². The summed E-state index contributed by atoms with van der Waals surface area (Å²) in [6.07, 6.45) is 6.49. The van der Waals surface area contributed by atoms with Gasteiger partial charge in [-0.2, -0.15) is 5.10 Å². The summed E-state index contributed by atoms with van der Waals surface area (Å²) < 4.78 is 0. The molecule has 2 atom stereocenters. The summed E-state index contributed by atoms with van der Waals surface area (Å²) in [6.45, 7) is 2.23. The van der Waals surface area contributed by atoms with Crippen molar-refractivity contribution in [3.05, 3.63) is 84.2 Å². The number of H-pyrrole nitrogens is 1. The van der Waals surface area contributed by atoms with Crippen molar-refractivity contribution < 1.29 is 0 Å². The van der Waals surface area contributed by atoms with Crippen LogP contribution in [-0.2, 0) is 0 Å². The highest BCUT2D eigenvalue weighted by atomic mass is 15.2. The van der Waals surface area contributed by atoms with E-state index < -0.39 is 0 Å². The van der Waals surface area contributed by atoms with Gasteiger partial charge in [0.05, 0.1) is 5.54 Å². The maximum absolute atomic E-state index is 4.76. The number of para-hydroxylation sites is 1. The molecule has 0 spiro atoms. The van der Waals surface area contributed by atoms with Crippen LogP contribution in [-0.4, -0.2) is 20.7 Å². The van der Waals surface area contributed by atoms with Gasteiger partial charge in [0.15, 0.2) is 11.6 Å². The van der Waals surface area contributed by atoms with Crippen LogP contribution in [0.3, 0.4) is 0 Å². The first-order valence-electron chi connectivity index (χ1n) is 8.50. The SMILES string of the molecule is CC12Nc3ccccc3C1C=CC=C2c1n[nH]c(-c2ccccc2)n1. The Morgan fingerprint density at radius 2 is 1.80 bits per heavy atom. The van der Waals surface area contributed by atoms with E-state index in [1.165, 1.54) is 11.3 Å². The normalized spacial score (nSPS) is 23.6. The van der Waals surface area contributed by atoms with Crippen LogP contribution >= 0.6 is 0 Å². The van der Waals surface area contributed by atoms with Crippen LogP contribution in [0.1, 0.15) is 24.2 Å². The Bertz CT molecular complexity index is 1000. The van der Waals surface area contributed by atoms with Crippen LogP contribution in [0.5, 0.6) is 0 Å². The molecule has 25 heavy (non-hydrogen) atoms. The molecule has 2 aromatic carbocycles. The molecule has 3 aromatic rings. The second-order valence-corrected chi connectivity index (χ2v) is 6.73. The summed E-state index contributed by atoms with van der Waals surface area (Å²) in [7, 11) is 0. The van der Waals surface area contributed by atoms with Gasteiger partial charge in [0.25, 0.3) is 0 Å². The first-order chi connectivity index (χ1) is 12.3. The third kappa shape index (κ3) is 2.07. The molecule has 4 nitrogen and oxygen atoms in total. The molecule has 2 N–H and O–H groups in total. The number of nitrogens with one attached hydrogen (secondary N) is 2. The molecule has 0 fully saturated rings. The van der Waals surface area contributed by atoms with Gasteiger partial charge in [-0.25, -0.2) is 4.98 Å². The van der Waals surface area contributed by atoms with E-state index in [-0.39, 0.29) is 11.5 Å². The second-order valence-electron chi connectivity index (χ2n) is 6.73. The molecule has 122 valence electrons. The minimum absolute atomic E-state index is 0.241. The lowest BCUT2D eigenvalue weighted by molar-refractivity contribution is 0.610. The Labute approximate surface area is 146 Å². The van der Waals surface area contributed by atoms with Crippen molar-refractivity contribution in [2.75, 3.05) is 5.32 Å². The first-order valence-corrected chi connectivity index (χ1v) is 8.50. The maximum Gasteiger partial charge on any atom is 0.179 e. The molecule has 2 heterocycles. The summed E-state index contributed by atoms with van der Waals surface area (Å²) in [5.41, 5.74) is 4.42. The van der Waals surface area contributed by atoms with Gasteiger partial charge in [-0.3, -0.25) is 5.10 Å². The number of fused-ring (bicyclic) bond motifs is 3. The van der Waals surface area contributed by atoms with Crippen LogP contribution in [0, 0.1) is 0 Å². The fourth-order valence-corrected chi connectivity index (χ4v) is 3.93. The Morgan fingerprint density at radius 3 is 2.68 bits per heavy atom. The molecule has 0 saturated carbocycles. The topological polar surface area (TPSA) is 53.6 Å². The number of benzene rings is 2. The Balaban J connectivity index is 1.57. The fraction of sp³-hybridized carbons (Fsp3) is 0.143. The standard InChI is InChI=1S/C21H18N4/c1-21-16(15-10-5-6-13-18(15)23-21)11-7-12-17(21)20-22-19(24-25-20)14-8-3-2-4-9-14/h2-13,16,23H,1H3,(H,22,24,25). The number of hydrogen-bond acceptors (Lipinski definition) is 3. The number of anilines is 1. The van der Waals surface area contributed by atoms with Gasteiger partial charge in [0.2, 0.25) is 0 Å². The second kappa shape index (κ2) is 5.18. The van der Waals surface area contributed by atoms with Crippen LogP contribution in [0.25, 0.3) is 17.0 Å². The molecule has 1 aliphatic carbocycles. The molecular formula is C21H18N4. The van der Waals surface area contributed by atoms with Crippen molar-refractivity contribution in [3.63, 3.8) is 0 Å². The summed E-state index contributed by atoms with van der Waals surface area (Å²) in [5, 5.41) is 11.3. The monoisotopic (exact) mass is 326 g/mol. The van der Waals surface area contributed by atoms with Gasteiger partial charge in [0, 0.05) is 22.7 Å². The summed E-state index contributed by atoms with van der Waals surface area (Å²) in [4.78, 5) is 4.76. The van der Waals surface area contributed by atoms with E-state index >= 15 is 0 Å². The molecule has 2 unspecified atom stereocenters. The lowest BCUT2D eigenvalue weighted by atomic mass is 9.75. The van der Waals surface area contributed by atoms with Crippen molar-refractivity contribution in [1.82, 2.24) is 15.2 Å². The summed E-state index contributed by atoms with van der Waals surface area (Å²) in [5.74, 6) is 1.82. The molecule has 0 radical (unpaired) electrons. The molecule has 1 aromatic heterocycles. The third-order valence-electron chi connectivity index (χ3n) is 5.21. The molecule has 0 amide bonds. The first kappa shape index (κ1) is 14.2. The van der Waals surface area contributed by atoms with Crippen molar-refractivity contribution >= 4 is 11.3 Å². The number of rotatable bonds is 2. The van der Waals surface area contributed by atoms with E-state index in [1.807, 2.05) is 30.3 Å². The minimum Gasteiger partial charge on any atom is -0.374 e. The van der Waals surface area contributed by atoms with Gasteiger partial charge in [-0.05, 0) is 18.6 Å². The van der Waals surface area contributed by atoms with Gasteiger partial charge >= 0.3 is 0 Å². The van der Waals surface area contributed by atoms with Gasteiger partial charge in [-0.15, -0.1) is 0 Å². The van der Waals surface area contributed by atoms with E-state index in [4.69, 9.17) is 4.98 Å². The number of aromatic amines is 1. The molecule has 2 aliphatic rings. The van der Waals surface area contributed by atoms with Crippen LogP contribution in [0.4, 0.5) is 5.69 Å². The Kier molecular flexibility index (Phi) is 2.95. The number of hydrogen-bond donors (Lipinski definition) is 2. The predicted octanol–water partition coefficient (Wildman–Crippen LogP) is 4.39. The highest BCUT2D eigenvalue weighted by Gasteiger charge is 2.46. The van der Waals surface area contributed by atoms with Crippen molar-refractivity contribution in [1.29, 1.82) is 0 Å². The fourth-order valence-electron chi connectivity index (χ4n) is 3.93. The Morgan fingerprint density at radius 1 is 1.00 bits per heavy atom. The third-order valence-corrected chi connectivity index (χ3v) is 5.21. The average Bonchev–Trinajstić information content (AvgIpc) is 3.24. The Hall–Kier alpha value is -3.14. The average molecular weight is 326 g/mol. The number of nitrogens with zero attached hydrogens (tertiary/aromatic N) is 2. The van der Waals surface area contributed by atoms with Gasteiger partial charge in [0.1, 0.15) is 0 Å². The van der Waals surface area contributed by atoms with Crippen molar-refractivity contribution in [2.24, 2.45) is 0 Å². The predicted molar refractivity (Wildman–Crippen MR) is 100 cm³/mol. The largest absolute Gasteiger partial charge is 0.374 e. The smallest absolute Gasteiger partial charge is 0.179 e. The van der Waals surface area contributed by atoms with Gasteiger partial charge < -0.3 is 5.32 Å². The molecule has 0 bridgehead atoms. The maximum atomic E-state index is 4.76. The van der Waals surface area contributed by atoms with Crippen molar-refractivity contribution in [2.45, 2.75) is 18.4 Å². The van der Waals surface area contributed by atoms with E-state index in [2.05, 4.69) is 64.9 Å². The lowest BCUT2D eigenvalue weighted by Crippen LogP contribution is -2.38. The van der Waals surface area contributed by atoms with Gasteiger partial charge in [-0.1, -0.05) is 66.8 Å². The van der Waals surface area contributed by atoms with E-state index in [0.29, 0.717) is 0 Å². The summed E-state index contributed by atoms with van der Waals surface area (Å²) >= 11 is 0. The summed E-state index contributed by atoms with van der Waals surface area (Å²) in [6, 6.07) is 18.6. The van der Waals surface area contributed by atoms with E-state index in [9.17, 15) is 0 Å². The molecule has 1 aliphatic heterocycles. The van der Waals surface area contributed by atoms with Crippen LogP contribution in [0.2, 0.25) is 0 Å². The van der Waals surface area contributed by atoms with E-state index in [1.54, 1.807) is 0 Å². The van der Waals surface area contributed by atoms with E-state index in [0.717, 1.165) is 22.8 Å². The molecule has 4 heteroatoms. The number of allylic oxidation sites excluding steroid dienone is 2. The molecule has 0 saturated heterocycles. The zero-order valence-corrected chi connectivity index (χ0v) is 13.9. The lowest BCUT2D eigenvalue weighted by Gasteiger charge is -2.34. The highest BCUT2D eigenvalue weighted by Crippen LogP contribution is 2.50.